The van der Waals surface area contributed by atoms with E-state index in [-0.39, 0.29) is 11.9 Å². The average molecular weight is 282 g/mol. The Hall–Kier alpha value is -2.41. The molecular formula is C17H18N2O2. The lowest BCUT2D eigenvalue weighted by molar-refractivity contribution is -0.146. The van der Waals surface area contributed by atoms with Gasteiger partial charge in [-0.05, 0) is 25.0 Å². The third-order valence-electron chi connectivity index (χ3n) is 3.40. The van der Waals surface area contributed by atoms with E-state index in [4.69, 9.17) is 4.74 Å². The summed E-state index contributed by atoms with van der Waals surface area (Å²) in [5.41, 5.74) is 1.69. The van der Waals surface area contributed by atoms with E-state index in [1.165, 1.54) is 0 Å². The van der Waals surface area contributed by atoms with Crippen LogP contribution in [0.4, 0.5) is 0 Å². The number of carbonyl (C=O) groups excluding carboxylic acids is 1. The predicted octanol–water partition coefficient (Wildman–Crippen LogP) is 3.41. The van der Waals surface area contributed by atoms with Gasteiger partial charge in [0.1, 0.15) is 11.8 Å². The van der Waals surface area contributed by atoms with E-state index in [2.05, 4.69) is 11.1 Å². The van der Waals surface area contributed by atoms with Gasteiger partial charge in [-0.25, -0.2) is 4.98 Å². The number of nitriles is 1. The number of hydrogen-bond donors (Lipinski definition) is 0. The number of nitrogens with zero attached hydrogens (tertiary/aromatic N) is 2. The molecule has 0 N–H and O–H groups in total. The summed E-state index contributed by atoms with van der Waals surface area (Å²) in [5.74, 6) is -0.753. The lowest BCUT2D eigenvalue weighted by Gasteiger charge is -2.20. The van der Waals surface area contributed by atoms with Crippen molar-refractivity contribution >= 4 is 16.9 Å². The Bertz CT molecular complexity index is 701. The summed E-state index contributed by atoms with van der Waals surface area (Å²) >= 11 is 0. The van der Waals surface area contributed by atoms with E-state index in [0.29, 0.717) is 17.9 Å². The molecule has 0 amide bonds. The second kappa shape index (κ2) is 6.36. The smallest absolute Gasteiger partial charge is 0.313 e. The van der Waals surface area contributed by atoms with E-state index in [9.17, 15) is 10.1 Å². The SMILES string of the molecule is CCOC(=O)C(c1cc2ccccc2nc1C#N)C(C)C. The van der Waals surface area contributed by atoms with Crippen molar-refractivity contribution in [2.24, 2.45) is 5.92 Å². The van der Waals surface area contributed by atoms with Gasteiger partial charge in [-0.15, -0.1) is 0 Å². The van der Waals surface area contributed by atoms with E-state index in [0.717, 1.165) is 10.9 Å². The maximum Gasteiger partial charge on any atom is 0.313 e. The van der Waals surface area contributed by atoms with Crippen LogP contribution >= 0.6 is 0 Å². The summed E-state index contributed by atoms with van der Waals surface area (Å²) in [5, 5.41) is 10.3. The fraction of sp³-hybridized carbons (Fsp3) is 0.353. The Balaban J connectivity index is 2.61. The number of benzene rings is 1. The van der Waals surface area contributed by atoms with Gasteiger partial charge < -0.3 is 4.74 Å². The first-order valence-corrected chi connectivity index (χ1v) is 7.04. The molecule has 0 radical (unpaired) electrons. The molecule has 108 valence electrons. The molecule has 0 aliphatic carbocycles. The summed E-state index contributed by atoms with van der Waals surface area (Å²) in [6.45, 7) is 5.99. The minimum absolute atomic E-state index is 0.0270. The summed E-state index contributed by atoms with van der Waals surface area (Å²) < 4.78 is 5.16. The summed E-state index contributed by atoms with van der Waals surface area (Å²) in [7, 11) is 0. The van der Waals surface area contributed by atoms with Crippen molar-refractivity contribution in [1.82, 2.24) is 4.98 Å². The number of esters is 1. The molecule has 1 heterocycles. The van der Waals surface area contributed by atoms with Crippen LogP contribution in [0.15, 0.2) is 30.3 Å². The second-order valence-corrected chi connectivity index (χ2v) is 5.20. The molecule has 0 saturated carbocycles. The fourth-order valence-corrected chi connectivity index (χ4v) is 2.45. The Morgan fingerprint density at radius 2 is 2.10 bits per heavy atom. The second-order valence-electron chi connectivity index (χ2n) is 5.20. The van der Waals surface area contributed by atoms with Crippen molar-refractivity contribution < 1.29 is 9.53 Å². The average Bonchev–Trinajstić information content (AvgIpc) is 2.46. The first-order chi connectivity index (χ1) is 10.1. The van der Waals surface area contributed by atoms with E-state index < -0.39 is 5.92 Å². The zero-order chi connectivity index (χ0) is 15.4. The van der Waals surface area contributed by atoms with Crippen LogP contribution in [0.5, 0.6) is 0 Å². The topological polar surface area (TPSA) is 63.0 Å². The minimum Gasteiger partial charge on any atom is -0.466 e. The molecule has 0 aliphatic rings. The third kappa shape index (κ3) is 3.03. The molecule has 0 fully saturated rings. The third-order valence-corrected chi connectivity index (χ3v) is 3.40. The Kier molecular flexibility index (Phi) is 4.54. The number of aromatic nitrogens is 1. The van der Waals surface area contributed by atoms with Gasteiger partial charge in [0.05, 0.1) is 18.0 Å². The van der Waals surface area contributed by atoms with Crippen LogP contribution in [0, 0.1) is 17.2 Å². The van der Waals surface area contributed by atoms with E-state index in [1.807, 2.05) is 44.2 Å². The molecule has 4 heteroatoms. The number of para-hydroxylation sites is 1. The zero-order valence-corrected chi connectivity index (χ0v) is 12.5. The number of rotatable bonds is 4. The molecule has 0 aliphatic heterocycles. The fourth-order valence-electron chi connectivity index (χ4n) is 2.45. The number of pyridine rings is 1. The molecule has 0 spiro atoms. The highest BCUT2D eigenvalue weighted by Gasteiger charge is 2.28. The molecule has 1 atom stereocenters. The van der Waals surface area contributed by atoms with Gasteiger partial charge in [0.25, 0.3) is 0 Å². The highest BCUT2D eigenvalue weighted by molar-refractivity contribution is 5.84. The van der Waals surface area contributed by atoms with Gasteiger partial charge in [0, 0.05) is 10.9 Å². The lowest BCUT2D eigenvalue weighted by Crippen LogP contribution is -2.22. The van der Waals surface area contributed by atoms with Gasteiger partial charge in [0.15, 0.2) is 0 Å². The molecule has 0 saturated heterocycles. The summed E-state index contributed by atoms with van der Waals surface area (Å²) in [4.78, 5) is 16.6. The van der Waals surface area contributed by atoms with Crippen LogP contribution in [-0.4, -0.2) is 17.6 Å². The van der Waals surface area contributed by atoms with Gasteiger partial charge in [-0.3, -0.25) is 4.79 Å². The molecule has 1 aromatic carbocycles. The first-order valence-electron chi connectivity index (χ1n) is 7.04. The zero-order valence-electron chi connectivity index (χ0n) is 12.5. The predicted molar refractivity (Wildman–Crippen MR) is 80.7 cm³/mol. The van der Waals surface area contributed by atoms with Crippen LogP contribution in [-0.2, 0) is 9.53 Å². The number of carbonyl (C=O) groups is 1. The Morgan fingerprint density at radius 1 is 1.38 bits per heavy atom. The van der Waals surface area contributed by atoms with Crippen molar-refractivity contribution in [3.05, 3.63) is 41.6 Å². The lowest BCUT2D eigenvalue weighted by atomic mass is 9.87. The molecule has 1 unspecified atom stereocenters. The maximum absolute atomic E-state index is 12.2. The van der Waals surface area contributed by atoms with Gasteiger partial charge in [-0.1, -0.05) is 32.0 Å². The summed E-state index contributed by atoms with van der Waals surface area (Å²) in [6, 6.07) is 11.5. The number of hydrogen-bond acceptors (Lipinski definition) is 4. The molecule has 2 rings (SSSR count). The van der Waals surface area contributed by atoms with Crippen LogP contribution < -0.4 is 0 Å². The summed E-state index contributed by atoms with van der Waals surface area (Å²) in [6.07, 6.45) is 0. The van der Waals surface area contributed by atoms with Crippen LogP contribution in [0.25, 0.3) is 10.9 Å². The molecule has 1 aromatic heterocycles. The Morgan fingerprint density at radius 3 is 2.71 bits per heavy atom. The van der Waals surface area contributed by atoms with Crippen LogP contribution in [0.1, 0.15) is 37.9 Å². The number of ether oxygens (including phenoxy) is 1. The van der Waals surface area contributed by atoms with E-state index >= 15 is 0 Å². The molecular weight excluding hydrogens is 264 g/mol. The van der Waals surface area contributed by atoms with Crippen LogP contribution in [0.3, 0.4) is 0 Å². The monoisotopic (exact) mass is 282 g/mol. The largest absolute Gasteiger partial charge is 0.466 e. The standard InChI is InChI=1S/C17H18N2O2/c1-4-21-17(20)16(11(2)3)13-9-12-7-5-6-8-14(12)19-15(13)10-18/h5-9,11,16H,4H2,1-3H3. The molecule has 4 nitrogen and oxygen atoms in total. The first kappa shape index (κ1) is 15.0. The van der Waals surface area contributed by atoms with E-state index in [1.54, 1.807) is 6.92 Å². The molecule has 0 bridgehead atoms. The molecule has 2 aromatic rings. The Labute approximate surface area is 124 Å². The molecule has 21 heavy (non-hydrogen) atoms. The van der Waals surface area contributed by atoms with Gasteiger partial charge in [0.2, 0.25) is 0 Å². The highest BCUT2D eigenvalue weighted by atomic mass is 16.5. The van der Waals surface area contributed by atoms with Crippen LogP contribution in [0.2, 0.25) is 0 Å². The van der Waals surface area contributed by atoms with Gasteiger partial charge in [-0.2, -0.15) is 5.26 Å². The van der Waals surface area contributed by atoms with Crippen molar-refractivity contribution in [3.63, 3.8) is 0 Å². The van der Waals surface area contributed by atoms with Crippen molar-refractivity contribution in [1.29, 1.82) is 5.26 Å². The normalized spacial score (nSPS) is 12.1. The van der Waals surface area contributed by atoms with Crippen molar-refractivity contribution in [2.75, 3.05) is 6.61 Å². The van der Waals surface area contributed by atoms with Crippen molar-refractivity contribution in [2.45, 2.75) is 26.7 Å². The minimum atomic E-state index is -0.475. The van der Waals surface area contributed by atoms with Crippen molar-refractivity contribution in [3.8, 4) is 6.07 Å². The maximum atomic E-state index is 12.2. The quantitative estimate of drug-likeness (QED) is 0.806. The van der Waals surface area contributed by atoms with Gasteiger partial charge >= 0.3 is 5.97 Å². The highest BCUT2D eigenvalue weighted by Crippen LogP contribution is 2.30. The number of fused-ring (bicyclic) bond motifs is 1.